The minimum atomic E-state index is -0.00565. The molecule has 2 heterocycles. The van der Waals surface area contributed by atoms with Crippen LogP contribution in [0.5, 0.6) is 11.5 Å². The Labute approximate surface area is 157 Å². The molecule has 5 heteroatoms. The summed E-state index contributed by atoms with van der Waals surface area (Å²) >= 11 is 1.93. The molecule has 0 bridgehead atoms. The Bertz CT molecular complexity index is 758. The zero-order valence-corrected chi connectivity index (χ0v) is 16.5. The first kappa shape index (κ1) is 17.8. The van der Waals surface area contributed by atoms with Crippen molar-refractivity contribution in [1.29, 1.82) is 0 Å². The molecule has 1 aliphatic carbocycles. The average Bonchev–Trinajstić information content (AvgIpc) is 2.99. The summed E-state index contributed by atoms with van der Waals surface area (Å²) in [5, 5.41) is 23.5. The van der Waals surface area contributed by atoms with Gasteiger partial charge in [0.1, 0.15) is 0 Å². The maximum Gasteiger partial charge on any atom is 0.157 e. The summed E-state index contributed by atoms with van der Waals surface area (Å²) in [5.41, 5.74) is 3.78. The Morgan fingerprint density at radius 1 is 1.21 bits per heavy atom. The highest BCUT2D eigenvalue weighted by Crippen LogP contribution is 2.47. The highest BCUT2D eigenvalue weighted by atomic mass is 79.9. The minimum Gasteiger partial charge on any atom is -0.504 e. The molecule has 0 fully saturated rings. The van der Waals surface area contributed by atoms with Crippen LogP contribution in [0.4, 0.5) is 0 Å². The fourth-order valence-corrected chi connectivity index (χ4v) is 5.27. The van der Waals surface area contributed by atoms with Gasteiger partial charge >= 0.3 is 0 Å². The average molecular weight is 410 g/mol. The lowest BCUT2D eigenvalue weighted by molar-refractivity contribution is 0.382. The molecule has 3 atom stereocenters. The molecule has 0 saturated carbocycles. The fourth-order valence-electron chi connectivity index (χ4n) is 3.97. The first-order valence-corrected chi connectivity index (χ1v) is 9.30. The Morgan fingerprint density at radius 3 is 2.71 bits per heavy atom. The highest BCUT2D eigenvalue weighted by molar-refractivity contribution is 8.93. The Kier molecular flexibility index (Phi) is 4.96. The van der Waals surface area contributed by atoms with Crippen LogP contribution in [0, 0.1) is 0 Å². The molecule has 0 saturated heterocycles. The molecule has 1 aromatic heterocycles. The number of aromatic hydroxyl groups is 2. The van der Waals surface area contributed by atoms with Crippen molar-refractivity contribution in [1.82, 2.24) is 5.32 Å². The number of rotatable bonds is 2. The molecule has 2 aromatic rings. The molecule has 24 heavy (non-hydrogen) atoms. The van der Waals surface area contributed by atoms with Crippen molar-refractivity contribution in [3.63, 3.8) is 0 Å². The number of aryl methyl sites for hydroxylation is 1. The predicted octanol–water partition coefficient (Wildman–Crippen LogP) is 4.80. The Balaban J connectivity index is 0.00000169. The summed E-state index contributed by atoms with van der Waals surface area (Å²) in [6.45, 7) is 5.49. The standard InChI is InChI=1S/C19H23NO2S.BrH/c1-3-10(2)17-8-13-18(23-17)9-20-14-5-4-11-6-15(21)16(22)7-12(11)19(13)14;/h6-8,10,14,19-22H,3-5,9H2,1-2H3;1H/t10?,14-,19+;/m0./s1. The van der Waals surface area contributed by atoms with Crippen molar-refractivity contribution in [3.8, 4) is 11.5 Å². The summed E-state index contributed by atoms with van der Waals surface area (Å²) in [5.74, 6) is 0.883. The molecule has 1 unspecified atom stereocenters. The maximum absolute atomic E-state index is 9.98. The van der Waals surface area contributed by atoms with E-state index in [0.717, 1.165) is 25.8 Å². The van der Waals surface area contributed by atoms with Gasteiger partial charge in [-0.2, -0.15) is 0 Å². The SMILES string of the molecule is Br.CCC(C)c1cc2c(s1)CN[C@H]1CCc3cc(O)c(O)cc3[C@H]21. The number of thiophene rings is 1. The van der Waals surface area contributed by atoms with E-state index in [9.17, 15) is 10.2 Å². The van der Waals surface area contributed by atoms with Crippen LogP contribution < -0.4 is 5.32 Å². The molecule has 0 radical (unpaired) electrons. The van der Waals surface area contributed by atoms with E-state index in [0.29, 0.717) is 17.9 Å². The minimum absolute atomic E-state index is 0. The van der Waals surface area contributed by atoms with Crippen molar-refractivity contribution in [2.75, 3.05) is 0 Å². The van der Waals surface area contributed by atoms with E-state index in [1.165, 1.54) is 26.4 Å². The molecule has 1 aliphatic heterocycles. The Hall–Kier alpha value is -1.04. The van der Waals surface area contributed by atoms with E-state index in [2.05, 4.69) is 25.2 Å². The van der Waals surface area contributed by atoms with Crippen LogP contribution in [0.2, 0.25) is 0 Å². The second kappa shape index (κ2) is 6.70. The van der Waals surface area contributed by atoms with Crippen molar-refractivity contribution >= 4 is 28.3 Å². The summed E-state index contributed by atoms with van der Waals surface area (Å²) < 4.78 is 0. The third-order valence-electron chi connectivity index (χ3n) is 5.52. The smallest absolute Gasteiger partial charge is 0.157 e. The van der Waals surface area contributed by atoms with E-state index >= 15 is 0 Å². The molecule has 0 amide bonds. The number of halogens is 1. The van der Waals surface area contributed by atoms with E-state index in [1.54, 1.807) is 12.1 Å². The second-order valence-electron chi connectivity index (χ2n) is 6.88. The first-order chi connectivity index (χ1) is 11.1. The number of phenolic OH excluding ortho intramolecular Hbond substituents is 2. The number of hydrogen-bond acceptors (Lipinski definition) is 4. The Morgan fingerprint density at radius 2 is 1.96 bits per heavy atom. The number of nitrogens with one attached hydrogen (secondary N) is 1. The highest BCUT2D eigenvalue weighted by Gasteiger charge is 2.37. The zero-order chi connectivity index (χ0) is 16.1. The van der Waals surface area contributed by atoms with Gasteiger partial charge in [-0.25, -0.2) is 0 Å². The van der Waals surface area contributed by atoms with Gasteiger partial charge in [0.15, 0.2) is 11.5 Å². The number of phenols is 2. The third kappa shape index (κ3) is 2.76. The molecule has 2 aliphatic rings. The summed E-state index contributed by atoms with van der Waals surface area (Å²) in [7, 11) is 0. The van der Waals surface area contributed by atoms with Crippen molar-refractivity contribution in [2.24, 2.45) is 0 Å². The number of fused-ring (bicyclic) bond motifs is 5. The van der Waals surface area contributed by atoms with Gasteiger partial charge in [-0.3, -0.25) is 0 Å². The normalized spacial score (nSPS) is 22.8. The van der Waals surface area contributed by atoms with Crippen LogP contribution in [0.1, 0.15) is 65.0 Å². The van der Waals surface area contributed by atoms with Gasteiger partial charge in [0.05, 0.1) is 0 Å². The van der Waals surface area contributed by atoms with Gasteiger partial charge in [-0.1, -0.05) is 13.8 Å². The monoisotopic (exact) mass is 409 g/mol. The largest absolute Gasteiger partial charge is 0.504 e. The van der Waals surface area contributed by atoms with Crippen LogP contribution in [0.15, 0.2) is 18.2 Å². The van der Waals surface area contributed by atoms with Gasteiger partial charge in [0.25, 0.3) is 0 Å². The molecular weight excluding hydrogens is 386 g/mol. The lowest BCUT2D eigenvalue weighted by atomic mass is 9.74. The number of benzene rings is 1. The molecule has 3 nitrogen and oxygen atoms in total. The van der Waals surface area contributed by atoms with E-state index in [1.807, 2.05) is 11.3 Å². The lowest BCUT2D eigenvalue weighted by Crippen LogP contribution is -2.41. The topological polar surface area (TPSA) is 52.5 Å². The van der Waals surface area contributed by atoms with Gasteiger partial charge in [-0.05, 0) is 60.1 Å². The van der Waals surface area contributed by atoms with E-state index in [4.69, 9.17) is 0 Å². The quantitative estimate of drug-likeness (QED) is 0.624. The van der Waals surface area contributed by atoms with Crippen LogP contribution in [-0.4, -0.2) is 16.3 Å². The molecule has 130 valence electrons. The predicted molar refractivity (Wildman–Crippen MR) is 104 cm³/mol. The molecule has 4 rings (SSSR count). The van der Waals surface area contributed by atoms with Gasteiger partial charge in [-0.15, -0.1) is 28.3 Å². The molecular formula is C19H24BrNO2S. The van der Waals surface area contributed by atoms with Crippen LogP contribution >= 0.6 is 28.3 Å². The number of hydrogen-bond donors (Lipinski definition) is 3. The van der Waals surface area contributed by atoms with Gasteiger partial charge < -0.3 is 15.5 Å². The van der Waals surface area contributed by atoms with Crippen LogP contribution in [0.25, 0.3) is 0 Å². The third-order valence-corrected chi connectivity index (χ3v) is 6.90. The van der Waals surface area contributed by atoms with Crippen molar-refractivity contribution < 1.29 is 10.2 Å². The fraction of sp³-hybridized carbons (Fsp3) is 0.474. The summed E-state index contributed by atoms with van der Waals surface area (Å²) in [6.07, 6.45) is 3.19. The van der Waals surface area contributed by atoms with Gasteiger partial charge in [0, 0.05) is 28.3 Å². The molecule has 0 spiro atoms. The maximum atomic E-state index is 9.98. The molecule has 1 aromatic carbocycles. The van der Waals surface area contributed by atoms with Crippen LogP contribution in [-0.2, 0) is 13.0 Å². The van der Waals surface area contributed by atoms with Crippen molar-refractivity contribution in [2.45, 2.75) is 57.5 Å². The van der Waals surface area contributed by atoms with Crippen molar-refractivity contribution in [3.05, 3.63) is 44.6 Å². The van der Waals surface area contributed by atoms with Crippen LogP contribution in [0.3, 0.4) is 0 Å². The summed E-state index contributed by atoms with van der Waals surface area (Å²) in [4.78, 5) is 2.90. The van der Waals surface area contributed by atoms with E-state index in [-0.39, 0.29) is 28.5 Å². The van der Waals surface area contributed by atoms with E-state index < -0.39 is 0 Å². The summed E-state index contributed by atoms with van der Waals surface area (Å²) in [6, 6.07) is 6.35. The zero-order valence-electron chi connectivity index (χ0n) is 14.0. The van der Waals surface area contributed by atoms with Gasteiger partial charge in [0.2, 0.25) is 0 Å². The lowest BCUT2D eigenvalue weighted by Gasteiger charge is -2.38. The molecule has 3 N–H and O–H groups in total. The first-order valence-electron chi connectivity index (χ1n) is 8.49. The second-order valence-corrected chi connectivity index (χ2v) is 8.05.